The fourth-order valence-electron chi connectivity index (χ4n) is 5.82. The first-order valence-corrected chi connectivity index (χ1v) is 15.2. The van der Waals surface area contributed by atoms with Crippen LogP contribution in [0.4, 0.5) is 60.5 Å². The molecule has 6 aromatic carbocycles. The standard InChI is InChI=1S/C40H30F6N2/c1-27-23-29(19-21-37(27)47(33-13-5-3-6-14-33)35-17-9-11-31(25-35)39(41,42)43)30-20-22-38(28(2)24-30)48(34-15-7-4-8-16-34)36-18-10-12-32(26-36)40(44,45)46/h3-26H,1-2H3. The molecule has 0 bridgehead atoms. The van der Waals surface area contributed by atoms with E-state index >= 15 is 0 Å². The third-order valence-corrected chi connectivity index (χ3v) is 8.10. The first-order chi connectivity index (χ1) is 22.9. The molecule has 48 heavy (non-hydrogen) atoms. The maximum atomic E-state index is 13.7. The number of hydrogen-bond donors (Lipinski definition) is 0. The fourth-order valence-corrected chi connectivity index (χ4v) is 5.82. The minimum absolute atomic E-state index is 0.377. The van der Waals surface area contributed by atoms with Crippen molar-refractivity contribution < 1.29 is 26.3 Å². The van der Waals surface area contributed by atoms with Gasteiger partial charge in [-0.2, -0.15) is 26.3 Å². The zero-order valence-corrected chi connectivity index (χ0v) is 26.0. The summed E-state index contributed by atoms with van der Waals surface area (Å²) in [7, 11) is 0. The lowest BCUT2D eigenvalue weighted by atomic mass is 9.98. The van der Waals surface area contributed by atoms with E-state index in [1.165, 1.54) is 12.1 Å². The summed E-state index contributed by atoms with van der Waals surface area (Å²) >= 11 is 0. The van der Waals surface area contributed by atoms with E-state index in [2.05, 4.69) is 0 Å². The lowest BCUT2D eigenvalue weighted by Crippen LogP contribution is -2.13. The maximum absolute atomic E-state index is 13.7. The molecule has 0 radical (unpaired) electrons. The molecule has 2 nitrogen and oxygen atoms in total. The molecule has 0 aliphatic heterocycles. The highest BCUT2D eigenvalue weighted by Crippen LogP contribution is 2.43. The molecule has 0 unspecified atom stereocenters. The molecule has 0 spiro atoms. The quantitative estimate of drug-likeness (QED) is 0.158. The van der Waals surface area contributed by atoms with Crippen LogP contribution in [0, 0.1) is 13.8 Å². The first-order valence-electron chi connectivity index (χ1n) is 15.2. The van der Waals surface area contributed by atoms with Gasteiger partial charge in [-0.25, -0.2) is 0 Å². The second-order valence-electron chi connectivity index (χ2n) is 11.4. The Morgan fingerprint density at radius 2 is 0.729 bits per heavy atom. The number of nitrogens with zero attached hydrogens (tertiary/aromatic N) is 2. The van der Waals surface area contributed by atoms with Crippen molar-refractivity contribution in [1.29, 1.82) is 0 Å². The SMILES string of the molecule is Cc1cc(-c2ccc(N(c3ccccc3)c3cccc(C(F)(F)F)c3)c(C)c2)ccc1N(c1ccccc1)c1cccc(C(F)(F)F)c1. The van der Waals surface area contributed by atoms with Crippen LogP contribution >= 0.6 is 0 Å². The van der Waals surface area contributed by atoms with E-state index in [1.54, 1.807) is 21.9 Å². The largest absolute Gasteiger partial charge is 0.416 e. The van der Waals surface area contributed by atoms with Gasteiger partial charge in [-0.3, -0.25) is 0 Å². The highest BCUT2D eigenvalue weighted by Gasteiger charge is 2.32. The molecule has 0 fully saturated rings. The third-order valence-electron chi connectivity index (χ3n) is 8.10. The molecule has 0 atom stereocenters. The molecule has 0 N–H and O–H groups in total. The molecular formula is C40H30F6N2. The number of para-hydroxylation sites is 2. The molecule has 0 saturated carbocycles. The van der Waals surface area contributed by atoms with Crippen LogP contribution in [0.25, 0.3) is 11.1 Å². The minimum Gasteiger partial charge on any atom is -0.310 e. The molecule has 0 amide bonds. The van der Waals surface area contributed by atoms with E-state index < -0.39 is 23.5 Å². The number of alkyl halides is 6. The van der Waals surface area contributed by atoms with Gasteiger partial charge in [0.2, 0.25) is 0 Å². The van der Waals surface area contributed by atoms with Gasteiger partial charge < -0.3 is 9.80 Å². The Morgan fingerprint density at radius 3 is 1.06 bits per heavy atom. The molecule has 6 aromatic rings. The summed E-state index contributed by atoms with van der Waals surface area (Å²) < 4.78 is 81.9. The van der Waals surface area contributed by atoms with Gasteiger partial charge in [-0.1, -0.05) is 60.7 Å². The Bertz CT molecular complexity index is 1890. The molecule has 8 heteroatoms. The van der Waals surface area contributed by atoms with Crippen LogP contribution in [0.2, 0.25) is 0 Å². The Kier molecular flexibility index (Phi) is 8.75. The van der Waals surface area contributed by atoms with Crippen molar-refractivity contribution in [2.75, 3.05) is 9.80 Å². The average Bonchev–Trinajstić information content (AvgIpc) is 3.07. The van der Waals surface area contributed by atoms with Gasteiger partial charge in [0.15, 0.2) is 0 Å². The van der Waals surface area contributed by atoms with Gasteiger partial charge in [0.25, 0.3) is 0 Å². The van der Waals surface area contributed by atoms with Gasteiger partial charge in [0.05, 0.1) is 11.1 Å². The average molecular weight is 653 g/mol. The topological polar surface area (TPSA) is 6.48 Å². The van der Waals surface area contributed by atoms with Crippen molar-refractivity contribution >= 4 is 34.1 Å². The van der Waals surface area contributed by atoms with E-state index in [-0.39, 0.29) is 0 Å². The zero-order valence-electron chi connectivity index (χ0n) is 26.0. The van der Waals surface area contributed by atoms with Crippen LogP contribution in [0.5, 0.6) is 0 Å². The normalized spacial score (nSPS) is 11.8. The van der Waals surface area contributed by atoms with Crippen molar-refractivity contribution in [3.63, 3.8) is 0 Å². The smallest absolute Gasteiger partial charge is 0.310 e. The van der Waals surface area contributed by atoms with E-state index in [4.69, 9.17) is 0 Å². The summed E-state index contributed by atoms with van der Waals surface area (Å²) in [6.07, 6.45) is -8.98. The molecule has 6 rings (SSSR count). The van der Waals surface area contributed by atoms with Crippen LogP contribution in [0.15, 0.2) is 146 Å². The summed E-state index contributed by atoms with van der Waals surface area (Å²) in [6.45, 7) is 3.82. The second-order valence-corrected chi connectivity index (χ2v) is 11.4. The minimum atomic E-state index is -4.49. The van der Waals surface area contributed by atoms with Crippen molar-refractivity contribution in [3.8, 4) is 11.1 Å². The first kappa shape index (κ1) is 32.4. The highest BCUT2D eigenvalue weighted by molar-refractivity contribution is 5.83. The van der Waals surface area contributed by atoms with Crippen LogP contribution in [0.3, 0.4) is 0 Å². The second kappa shape index (κ2) is 13.0. The van der Waals surface area contributed by atoms with E-state index in [9.17, 15) is 26.3 Å². The highest BCUT2D eigenvalue weighted by atomic mass is 19.4. The Balaban J connectivity index is 1.39. The van der Waals surface area contributed by atoms with Crippen molar-refractivity contribution in [3.05, 3.63) is 168 Å². The summed E-state index contributed by atoms with van der Waals surface area (Å²) in [5.74, 6) is 0. The molecule has 0 heterocycles. The van der Waals surface area contributed by atoms with Crippen LogP contribution in [-0.2, 0) is 12.4 Å². The monoisotopic (exact) mass is 652 g/mol. The summed E-state index contributed by atoms with van der Waals surface area (Å²) in [5.41, 5.74) is 5.59. The zero-order chi connectivity index (χ0) is 34.1. The van der Waals surface area contributed by atoms with E-state index in [1.807, 2.05) is 111 Å². The Hall–Kier alpha value is -5.50. The van der Waals surface area contributed by atoms with Gasteiger partial charge in [-0.05, 0) is 121 Å². The fraction of sp³-hybridized carbons (Fsp3) is 0.100. The number of hydrogen-bond acceptors (Lipinski definition) is 2. The van der Waals surface area contributed by atoms with Gasteiger partial charge in [0, 0.05) is 34.1 Å². The van der Waals surface area contributed by atoms with Gasteiger partial charge in [-0.15, -0.1) is 0 Å². The summed E-state index contributed by atoms with van der Waals surface area (Å²) in [6, 6.07) is 40.5. The number of aryl methyl sites for hydroxylation is 2. The molecular weight excluding hydrogens is 622 g/mol. The molecule has 0 aliphatic rings. The van der Waals surface area contributed by atoms with Crippen LogP contribution in [0.1, 0.15) is 22.3 Å². The molecule has 0 aromatic heterocycles. The lowest BCUT2D eigenvalue weighted by molar-refractivity contribution is -0.138. The molecule has 0 saturated heterocycles. The number of rotatable bonds is 7. The maximum Gasteiger partial charge on any atom is 0.416 e. The van der Waals surface area contributed by atoms with Crippen LogP contribution in [-0.4, -0.2) is 0 Å². The summed E-state index contributed by atoms with van der Waals surface area (Å²) in [5, 5.41) is 0. The number of halogens is 6. The van der Waals surface area contributed by atoms with Gasteiger partial charge >= 0.3 is 12.4 Å². The number of benzene rings is 6. The van der Waals surface area contributed by atoms with Crippen molar-refractivity contribution in [1.82, 2.24) is 0 Å². The van der Waals surface area contributed by atoms with Crippen LogP contribution < -0.4 is 9.80 Å². The predicted molar refractivity (Wildman–Crippen MR) is 181 cm³/mol. The van der Waals surface area contributed by atoms with E-state index in [0.29, 0.717) is 22.7 Å². The molecule has 0 aliphatic carbocycles. The third kappa shape index (κ3) is 6.79. The number of anilines is 6. The predicted octanol–water partition coefficient (Wildman–Crippen LogP) is 12.9. The van der Waals surface area contributed by atoms with Crippen molar-refractivity contribution in [2.45, 2.75) is 26.2 Å². The Morgan fingerprint density at radius 1 is 0.375 bits per heavy atom. The molecule has 242 valence electrons. The summed E-state index contributed by atoms with van der Waals surface area (Å²) in [4.78, 5) is 3.60. The van der Waals surface area contributed by atoms with Gasteiger partial charge in [0.1, 0.15) is 0 Å². The van der Waals surface area contributed by atoms with Crippen molar-refractivity contribution in [2.24, 2.45) is 0 Å². The Labute approximate surface area is 275 Å². The van der Waals surface area contributed by atoms with E-state index in [0.717, 1.165) is 57.9 Å². The lowest BCUT2D eigenvalue weighted by Gasteiger charge is -2.28.